The highest BCUT2D eigenvalue weighted by molar-refractivity contribution is 5.42. The van der Waals surface area contributed by atoms with Gasteiger partial charge < -0.3 is 5.32 Å². The lowest BCUT2D eigenvalue weighted by Gasteiger charge is -2.14. The summed E-state index contributed by atoms with van der Waals surface area (Å²) in [6.45, 7) is 6.55. The number of rotatable bonds is 7. The minimum absolute atomic E-state index is 0.270. The summed E-state index contributed by atoms with van der Waals surface area (Å²) in [6, 6.07) is 8.77. The first kappa shape index (κ1) is 15.7. The average molecular weight is 286 g/mol. The minimum Gasteiger partial charge on any atom is -0.312 e. The van der Waals surface area contributed by atoms with Crippen LogP contribution in [0.25, 0.3) is 5.69 Å². The molecule has 1 N–H and O–H groups in total. The summed E-state index contributed by atoms with van der Waals surface area (Å²) in [4.78, 5) is 0. The van der Waals surface area contributed by atoms with E-state index in [1.807, 2.05) is 11.7 Å². The minimum atomic E-state index is 0.270. The van der Waals surface area contributed by atoms with Crippen LogP contribution in [0, 0.1) is 0 Å². The second kappa shape index (κ2) is 7.36. The number of nitrogens with one attached hydrogen (secondary N) is 1. The lowest BCUT2D eigenvalue weighted by molar-refractivity contribution is 0.555. The summed E-state index contributed by atoms with van der Waals surface area (Å²) >= 11 is 0. The zero-order chi connectivity index (χ0) is 15.2. The zero-order valence-corrected chi connectivity index (χ0v) is 13.6. The number of aryl methyl sites for hydroxylation is 1. The maximum Gasteiger partial charge on any atom is 0.103 e. The van der Waals surface area contributed by atoms with Crippen molar-refractivity contribution in [1.29, 1.82) is 0 Å². The highest BCUT2D eigenvalue weighted by atomic mass is 15.4. The number of aromatic nitrogens is 3. The largest absolute Gasteiger partial charge is 0.312 e. The maximum absolute atomic E-state index is 4.46. The Morgan fingerprint density at radius 2 is 1.95 bits per heavy atom. The first-order valence-corrected chi connectivity index (χ1v) is 7.96. The molecule has 0 bridgehead atoms. The number of para-hydroxylation sites is 1. The maximum atomic E-state index is 4.46. The summed E-state index contributed by atoms with van der Waals surface area (Å²) in [6.07, 6.45) is 4.14. The first-order chi connectivity index (χ1) is 10.3. The quantitative estimate of drug-likeness (QED) is 0.847. The molecular formula is C17H26N4. The molecule has 0 aliphatic carbocycles. The smallest absolute Gasteiger partial charge is 0.103 e. The molecule has 1 heterocycles. The van der Waals surface area contributed by atoms with Crippen LogP contribution in [0.5, 0.6) is 0 Å². The third-order valence-corrected chi connectivity index (χ3v) is 3.95. The van der Waals surface area contributed by atoms with Crippen molar-refractivity contribution in [2.75, 3.05) is 7.05 Å². The molecule has 4 heteroatoms. The van der Waals surface area contributed by atoms with Gasteiger partial charge in [-0.2, -0.15) is 0 Å². The van der Waals surface area contributed by atoms with Crippen LogP contribution in [-0.4, -0.2) is 22.0 Å². The number of hydrogen-bond acceptors (Lipinski definition) is 3. The van der Waals surface area contributed by atoms with Gasteiger partial charge >= 0.3 is 0 Å². The molecule has 0 saturated heterocycles. The predicted octanol–water partition coefficient (Wildman–Crippen LogP) is 3.45. The summed E-state index contributed by atoms with van der Waals surface area (Å²) in [5.41, 5.74) is 4.79. The van der Waals surface area contributed by atoms with Gasteiger partial charge in [-0.1, -0.05) is 50.6 Å². The lowest BCUT2D eigenvalue weighted by atomic mass is 10.1. The molecule has 1 aromatic carbocycles. The van der Waals surface area contributed by atoms with Crippen LogP contribution < -0.4 is 5.32 Å². The monoisotopic (exact) mass is 286 g/mol. The van der Waals surface area contributed by atoms with E-state index in [2.05, 4.69) is 60.7 Å². The molecule has 0 aliphatic heterocycles. The number of nitrogens with zero attached hydrogens (tertiary/aromatic N) is 3. The Morgan fingerprint density at radius 1 is 1.19 bits per heavy atom. The molecule has 0 saturated carbocycles. The van der Waals surface area contributed by atoms with Gasteiger partial charge in [-0.15, -0.1) is 5.10 Å². The zero-order valence-electron chi connectivity index (χ0n) is 13.6. The van der Waals surface area contributed by atoms with Crippen molar-refractivity contribution in [2.24, 2.45) is 0 Å². The molecule has 1 atom stereocenters. The average Bonchev–Trinajstić information content (AvgIpc) is 2.93. The van der Waals surface area contributed by atoms with E-state index < -0.39 is 0 Å². The Kier molecular flexibility index (Phi) is 5.51. The van der Waals surface area contributed by atoms with Gasteiger partial charge in [0.15, 0.2) is 0 Å². The van der Waals surface area contributed by atoms with E-state index in [0.717, 1.165) is 31.4 Å². The molecule has 0 fully saturated rings. The van der Waals surface area contributed by atoms with E-state index in [0.29, 0.717) is 0 Å². The molecule has 0 radical (unpaired) electrons. The van der Waals surface area contributed by atoms with Gasteiger partial charge in [0.2, 0.25) is 0 Å². The second-order valence-electron chi connectivity index (χ2n) is 5.31. The van der Waals surface area contributed by atoms with E-state index >= 15 is 0 Å². The fraction of sp³-hybridized carbons (Fsp3) is 0.529. The van der Waals surface area contributed by atoms with Crippen molar-refractivity contribution < 1.29 is 0 Å². The van der Waals surface area contributed by atoms with Gasteiger partial charge in [-0.05, 0) is 37.9 Å². The van der Waals surface area contributed by atoms with Crippen LogP contribution in [0.2, 0.25) is 0 Å². The van der Waals surface area contributed by atoms with Crippen molar-refractivity contribution in [3.05, 3.63) is 41.2 Å². The van der Waals surface area contributed by atoms with Crippen LogP contribution >= 0.6 is 0 Å². The van der Waals surface area contributed by atoms with Gasteiger partial charge in [0.05, 0.1) is 17.4 Å². The summed E-state index contributed by atoms with van der Waals surface area (Å²) in [5.74, 6) is 0. The van der Waals surface area contributed by atoms with Gasteiger partial charge in [0, 0.05) is 0 Å². The third kappa shape index (κ3) is 3.16. The Balaban J connectivity index is 2.50. The van der Waals surface area contributed by atoms with Crippen LogP contribution in [0.15, 0.2) is 24.3 Å². The fourth-order valence-corrected chi connectivity index (χ4v) is 2.84. The van der Waals surface area contributed by atoms with Gasteiger partial charge in [-0.3, -0.25) is 0 Å². The molecule has 0 aliphatic rings. The van der Waals surface area contributed by atoms with Crippen molar-refractivity contribution in [2.45, 2.75) is 52.5 Å². The molecule has 1 aromatic heterocycles. The Hall–Kier alpha value is -1.68. The molecule has 2 rings (SSSR count). The van der Waals surface area contributed by atoms with Crippen LogP contribution in [0.1, 0.15) is 56.6 Å². The molecule has 114 valence electrons. The topological polar surface area (TPSA) is 42.7 Å². The number of benzene rings is 1. The summed E-state index contributed by atoms with van der Waals surface area (Å²) in [5, 5.41) is 12.2. The van der Waals surface area contributed by atoms with Crippen molar-refractivity contribution in [1.82, 2.24) is 20.3 Å². The summed E-state index contributed by atoms with van der Waals surface area (Å²) in [7, 11) is 1.98. The molecule has 1 unspecified atom stereocenters. The van der Waals surface area contributed by atoms with E-state index in [4.69, 9.17) is 0 Å². The van der Waals surface area contributed by atoms with Crippen LogP contribution in [0.3, 0.4) is 0 Å². The molecule has 0 amide bonds. The normalized spacial score (nSPS) is 12.6. The standard InChI is InChI=1S/C17H26N4/c1-5-10-13-11-8-9-12-16(13)21-15(7-3)17(19-20-21)14(6-2)18-4/h8-9,11-12,14,18H,5-7,10H2,1-4H3. The van der Waals surface area contributed by atoms with Crippen molar-refractivity contribution >= 4 is 0 Å². The van der Waals surface area contributed by atoms with E-state index in [-0.39, 0.29) is 6.04 Å². The predicted molar refractivity (Wildman–Crippen MR) is 86.8 cm³/mol. The Labute approximate surface area is 127 Å². The highest BCUT2D eigenvalue weighted by Crippen LogP contribution is 2.23. The van der Waals surface area contributed by atoms with E-state index in [9.17, 15) is 0 Å². The molecular weight excluding hydrogens is 260 g/mol. The van der Waals surface area contributed by atoms with Gasteiger partial charge in [0.1, 0.15) is 5.69 Å². The van der Waals surface area contributed by atoms with Crippen molar-refractivity contribution in [3.63, 3.8) is 0 Å². The van der Waals surface area contributed by atoms with Gasteiger partial charge in [0.25, 0.3) is 0 Å². The first-order valence-electron chi connectivity index (χ1n) is 7.96. The van der Waals surface area contributed by atoms with Gasteiger partial charge in [-0.25, -0.2) is 4.68 Å². The van der Waals surface area contributed by atoms with E-state index in [1.165, 1.54) is 16.9 Å². The van der Waals surface area contributed by atoms with Crippen molar-refractivity contribution in [3.8, 4) is 5.69 Å². The van der Waals surface area contributed by atoms with E-state index in [1.54, 1.807) is 0 Å². The SMILES string of the molecule is CCCc1ccccc1-n1nnc(C(CC)NC)c1CC. The molecule has 4 nitrogen and oxygen atoms in total. The van der Waals surface area contributed by atoms with Crippen LogP contribution in [-0.2, 0) is 12.8 Å². The molecule has 2 aromatic rings. The third-order valence-electron chi connectivity index (χ3n) is 3.95. The number of hydrogen-bond donors (Lipinski definition) is 1. The Morgan fingerprint density at radius 3 is 2.57 bits per heavy atom. The molecule has 0 spiro atoms. The second-order valence-corrected chi connectivity index (χ2v) is 5.31. The summed E-state index contributed by atoms with van der Waals surface area (Å²) < 4.78 is 2.03. The lowest BCUT2D eigenvalue weighted by Crippen LogP contribution is -2.17. The Bertz CT molecular complexity index is 570. The highest BCUT2D eigenvalue weighted by Gasteiger charge is 2.19. The van der Waals surface area contributed by atoms with Crippen LogP contribution in [0.4, 0.5) is 0 Å². The molecule has 21 heavy (non-hydrogen) atoms. The fourth-order valence-electron chi connectivity index (χ4n) is 2.84.